The topological polar surface area (TPSA) is 75.3 Å². The van der Waals surface area contributed by atoms with Gasteiger partial charge in [-0.05, 0) is 49.1 Å². The van der Waals surface area contributed by atoms with Crippen molar-refractivity contribution >= 4 is 38.9 Å². The van der Waals surface area contributed by atoms with Crippen LogP contribution in [0.4, 0.5) is 0 Å². The lowest BCUT2D eigenvalue weighted by atomic mass is 10.2. The molecule has 1 aliphatic rings. The molecule has 0 bridgehead atoms. The molecular weight excluding hydrogens is 344 g/mol. The third kappa shape index (κ3) is 3.17. The van der Waals surface area contributed by atoms with Gasteiger partial charge < -0.3 is 0 Å². The number of halogens is 1. The molecule has 0 spiro atoms. The summed E-state index contributed by atoms with van der Waals surface area (Å²) in [4.78, 5) is 15.8. The summed E-state index contributed by atoms with van der Waals surface area (Å²) in [6.45, 7) is 0. The van der Waals surface area contributed by atoms with E-state index in [-0.39, 0.29) is 4.90 Å². The maximum absolute atomic E-state index is 12.1. The normalized spacial score (nSPS) is 13.9. The van der Waals surface area contributed by atoms with Gasteiger partial charge in [0, 0.05) is 9.90 Å². The van der Waals surface area contributed by atoms with Crippen LogP contribution in [0.15, 0.2) is 35.2 Å². The largest absolute Gasteiger partial charge is 0.276 e. The number of nitrogens with one attached hydrogen (secondary N) is 2. The van der Waals surface area contributed by atoms with Crippen LogP contribution in [0, 0.1) is 0 Å². The molecule has 1 amide bonds. The number of hydrogen-bond acceptors (Lipinski definition) is 4. The van der Waals surface area contributed by atoms with Gasteiger partial charge in [-0.2, -0.15) is 0 Å². The lowest BCUT2D eigenvalue weighted by Crippen LogP contribution is -2.41. The average molecular weight is 357 g/mol. The number of carbonyl (C=O) groups is 1. The van der Waals surface area contributed by atoms with Crippen molar-refractivity contribution in [1.29, 1.82) is 0 Å². The number of hydrazine groups is 1. The molecule has 22 heavy (non-hydrogen) atoms. The maximum Gasteiger partial charge on any atom is 0.276 e. The number of fused-ring (bicyclic) bond motifs is 1. The Hall–Kier alpha value is -1.41. The van der Waals surface area contributed by atoms with Gasteiger partial charge in [-0.25, -0.2) is 8.42 Å². The molecule has 5 nitrogen and oxygen atoms in total. The van der Waals surface area contributed by atoms with Gasteiger partial charge in [0.05, 0.1) is 9.77 Å². The predicted octanol–water partition coefficient (Wildman–Crippen LogP) is 2.51. The van der Waals surface area contributed by atoms with Gasteiger partial charge in [0.1, 0.15) is 0 Å². The van der Waals surface area contributed by atoms with E-state index < -0.39 is 15.9 Å². The van der Waals surface area contributed by atoms with Crippen molar-refractivity contribution in [3.05, 3.63) is 50.7 Å². The summed E-state index contributed by atoms with van der Waals surface area (Å²) < 4.78 is 24.2. The van der Waals surface area contributed by atoms with Gasteiger partial charge in [0.25, 0.3) is 15.9 Å². The van der Waals surface area contributed by atoms with Crippen molar-refractivity contribution in [2.45, 2.75) is 24.2 Å². The number of amides is 1. The molecule has 1 aliphatic carbocycles. The number of rotatable bonds is 4. The zero-order valence-corrected chi connectivity index (χ0v) is 13.8. The Morgan fingerprint density at radius 3 is 2.77 bits per heavy atom. The minimum Gasteiger partial charge on any atom is -0.273 e. The van der Waals surface area contributed by atoms with Crippen LogP contribution in [0.25, 0.3) is 0 Å². The molecule has 116 valence electrons. The SMILES string of the molecule is O=C(NNS(=O)(=O)c1cccc(Cl)c1)c1cc2c(s1)CCC2. The van der Waals surface area contributed by atoms with E-state index in [4.69, 9.17) is 11.6 Å². The molecular formula is C14H13ClN2O3S2. The number of sulfonamides is 1. The Kier molecular flexibility index (Phi) is 4.22. The zero-order chi connectivity index (χ0) is 15.7. The first-order valence-electron chi connectivity index (χ1n) is 6.65. The Labute approximate surface area is 137 Å². The lowest BCUT2D eigenvalue weighted by Gasteiger charge is -2.07. The summed E-state index contributed by atoms with van der Waals surface area (Å²) in [5.74, 6) is -0.454. The second kappa shape index (κ2) is 6.00. The van der Waals surface area contributed by atoms with Crippen LogP contribution in [0.2, 0.25) is 5.02 Å². The molecule has 2 aromatic rings. The molecule has 0 saturated carbocycles. The van der Waals surface area contributed by atoms with Crippen LogP contribution in [-0.4, -0.2) is 14.3 Å². The average Bonchev–Trinajstić information content (AvgIpc) is 3.06. The Bertz CT molecular complexity index is 809. The van der Waals surface area contributed by atoms with Gasteiger partial charge in [-0.3, -0.25) is 10.2 Å². The second-order valence-electron chi connectivity index (χ2n) is 4.93. The molecule has 0 saturated heterocycles. The van der Waals surface area contributed by atoms with Crippen molar-refractivity contribution < 1.29 is 13.2 Å². The summed E-state index contributed by atoms with van der Waals surface area (Å²) in [5, 5.41) is 0.309. The molecule has 0 aliphatic heterocycles. The van der Waals surface area contributed by atoms with Crippen LogP contribution >= 0.6 is 22.9 Å². The Balaban J connectivity index is 1.69. The number of benzene rings is 1. The minimum absolute atomic E-state index is 0.00558. The van der Waals surface area contributed by atoms with E-state index in [2.05, 4.69) is 10.3 Å². The third-order valence-electron chi connectivity index (χ3n) is 3.38. The lowest BCUT2D eigenvalue weighted by molar-refractivity contribution is 0.0949. The molecule has 0 unspecified atom stereocenters. The van der Waals surface area contributed by atoms with E-state index in [9.17, 15) is 13.2 Å². The Morgan fingerprint density at radius 1 is 1.23 bits per heavy atom. The van der Waals surface area contributed by atoms with E-state index in [1.165, 1.54) is 40.0 Å². The summed E-state index contributed by atoms with van der Waals surface area (Å²) in [7, 11) is -3.84. The highest BCUT2D eigenvalue weighted by atomic mass is 35.5. The highest BCUT2D eigenvalue weighted by Crippen LogP contribution is 2.30. The van der Waals surface area contributed by atoms with Crippen LogP contribution in [0.5, 0.6) is 0 Å². The summed E-state index contributed by atoms with van der Waals surface area (Å²) in [6, 6.07) is 7.65. The summed E-state index contributed by atoms with van der Waals surface area (Å²) in [6.07, 6.45) is 3.08. The molecule has 2 N–H and O–H groups in total. The van der Waals surface area contributed by atoms with Crippen LogP contribution < -0.4 is 10.3 Å². The zero-order valence-electron chi connectivity index (χ0n) is 11.4. The molecule has 0 fully saturated rings. The number of hydrogen-bond donors (Lipinski definition) is 2. The molecule has 3 rings (SSSR count). The molecule has 1 aromatic heterocycles. The fraction of sp³-hybridized carbons (Fsp3) is 0.214. The standard InChI is InChI=1S/C14H13ClN2O3S2/c15-10-4-2-5-11(8-10)22(19,20)17-16-14(18)13-7-9-3-1-6-12(9)21-13/h2,4-5,7-8,17H,1,3,6H2,(H,16,18). The molecule has 1 heterocycles. The van der Waals surface area contributed by atoms with E-state index in [1.807, 2.05) is 6.07 Å². The van der Waals surface area contributed by atoms with E-state index in [0.717, 1.165) is 19.3 Å². The van der Waals surface area contributed by atoms with E-state index >= 15 is 0 Å². The van der Waals surface area contributed by atoms with Crippen LogP contribution in [0.3, 0.4) is 0 Å². The predicted molar refractivity (Wildman–Crippen MR) is 85.6 cm³/mol. The van der Waals surface area contributed by atoms with Gasteiger partial charge >= 0.3 is 0 Å². The van der Waals surface area contributed by atoms with Crippen LogP contribution in [0.1, 0.15) is 26.5 Å². The highest BCUT2D eigenvalue weighted by Gasteiger charge is 2.20. The number of aryl methyl sites for hydroxylation is 2. The monoisotopic (exact) mass is 356 g/mol. The minimum atomic E-state index is -3.84. The highest BCUT2D eigenvalue weighted by molar-refractivity contribution is 7.89. The summed E-state index contributed by atoms with van der Waals surface area (Å²) >= 11 is 7.19. The molecule has 8 heteroatoms. The van der Waals surface area contributed by atoms with Gasteiger partial charge in [0.15, 0.2) is 0 Å². The Morgan fingerprint density at radius 2 is 2.05 bits per heavy atom. The van der Waals surface area contributed by atoms with Crippen molar-refractivity contribution in [3.63, 3.8) is 0 Å². The molecule has 1 aromatic carbocycles. The first-order chi connectivity index (χ1) is 10.5. The van der Waals surface area contributed by atoms with Crippen LogP contribution in [-0.2, 0) is 22.9 Å². The first kappa shape index (κ1) is 15.5. The fourth-order valence-corrected chi connectivity index (χ4v) is 4.60. The van der Waals surface area contributed by atoms with Gasteiger partial charge in [-0.15, -0.1) is 16.2 Å². The van der Waals surface area contributed by atoms with Crippen molar-refractivity contribution in [3.8, 4) is 0 Å². The van der Waals surface area contributed by atoms with Crippen molar-refractivity contribution in [2.24, 2.45) is 0 Å². The van der Waals surface area contributed by atoms with Gasteiger partial charge in [-0.1, -0.05) is 17.7 Å². The second-order valence-corrected chi connectivity index (χ2v) is 8.19. The molecule has 0 atom stereocenters. The van der Waals surface area contributed by atoms with Crippen molar-refractivity contribution in [1.82, 2.24) is 10.3 Å². The third-order valence-corrected chi connectivity index (χ3v) is 6.09. The maximum atomic E-state index is 12.1. The number of carbonyl (C=O) groups excluding carboxylic acids is 1. The first-order valence-corrected chi connectivity index (χ1v) is 9.33. The smallest absolute Gasteiger partial charge is 0.273 e. The molecule has 0 radical (unpaired) electrons. The van der Waals surface area contributed by atoms with E-state index in [1.54, 1.807) is 6.07 Å². The number of thiophene rings is 1. The van der Waals surface area contributed by atoms with E-state index in [0.29, 0.717) is 9.90 Å². The van der Waals surface area contributed by atoms with Gasteiger partial charge in [0.2, 0.25) is 0 Å². The fourth-order valence-electron chi connectivity index (χ4n) is 2.31. The van der Waals surface area contributed by atoms with Crippen molar-refractivity contribution in [2.75, 3.05) is 0 Å². The quantitative estimate of drug-likeness (QED) is 0.826. The summed E-state index contributed by atoms with van der Waals surface area (Å²) in [5.41, 5.74) is 3.42.